The van der Waals surface area contributed by atoms with Crippen LogP contribution in [0.1, 0.15) is 20.8 Å². The Morgan fingerprint density at radius 3 is 2.65 bits per heavy atom. The highest BCUT2D eigenvalue weighted by Crippen LogP contribution is 2.24. The molecule has 0 aliphatic rings. The fraction of sp³-hybridized carbons (Fsp3) is 0.308. The average molecular weight is 294 g/mol. The summed E-state index contributed by atoms with van der Waals surface area (Å²) >= 11 is 3.47. The molecule has 0 radical (unpaired) electrons. The molecule has 0 spiro atoms. The van der Waals surface area contributed by atoms with Gasteiger partial charge in [-0.3, -0.25) is 5.10 Å². The quantitative estimate of drug-likeness (QED) is 0.877. The van der Waals surface area contributed by atoms with Crippen LogP contribution in [0, 0.1) is 0 Å². The molecule has 1 aromatic carbocycles. The summed E-state index contributed by atoms with van der Waals surface area (Å²) in [5, 5.41) is 10.6. The van der Waals surface area contributed by atoms with Gasteiger partial charge in [-0.25, -0.2) is 0 Å². The molecule has 1 heterocycles. The van der Waals surface area contributed by atoms with Crippen LogP contribution in [0.15, 0.2) is 34.8 Å². The molecule has 0 saturated carbocycles. The lowest BCUT2D eigenvalue weighted by molar-refractivity contribution is 0.630. The summed E-state index contributed by atoms with van der Waals surface area (Å²) in [5.74, 6) is 0.868. The smallest absolute Gasteiger partial charge is 0.148 e. The molecule has 2 rings (SSSR count). The summed E-state index contributed by atoms with van der Waals surface area (Å²) in [7, 11) is 0. The SMILES string of the molecule is CC(C)(C)Nc1cc(-c2cccc(Br)c2)[nH]n1. The topological polar surface area (TPSA) is 40.7 Å². The van der Waals surface area contributed by atoms with Crippen molar-refractivity contribution in [2.24, 2.45) is 0 Å². The van der Waals surface area contributed by atoms with E-state index in [4.69, 9.17) is 0 Å². The van der Waals surface area contributed by atoms with Gasteiger partial charge in [-0.05, 0) is 32.9 Å². The molecular weight excluding hydrogens is 278 g/mol. The molecule has 17 heavy (non-hydrogen) atoms. The first-order valence-corrected chi connectivity index (χ1v) is 6.33. The maximum Gasteiger partial charge on any atom is 0.148 e. The monoisotopic (exact) mass is 293 g/mol. The van der Waals surface area contributed by atoms with Crippen molar-refractivity contribution < 1.29 is 0 Å². The molecule has 90 valence electrons. The van der Waals surface area contributed by atoms with E-state index < -0.39 is 0 Å². The third kappa shape index (κ3) is 3.33. The number of rotatable bonds is 2. The Kier molecular flexibility index (Phi) is 3.24. The molecule has 1 aromatic heterocycles. The Bertz CT molecular complexity index is 511. The molecule has 0 saturated heterocycles. The van der Waals surface area contributed by atoms with Crippen molar-refractivity contribution in [3.05, 3.63) is 34.8 Å². The second-order valence-corrected chi connectivity index (χ2v) is 5.97. The molecule has 0 amide bonds. The largest absolute Gasteiger partial charge is 0.364 e. The van der Waals surface area contributed by atoms with Crippen LogP contribution in [0.3, 0.4) is 0 Å². The van der Waals surface area contributed by atoms with Gasteiger partial charge in [0.2, 0.25) is 0 Å². The summed E-state index contributed by atoms with van der Waals surface area (Å²) in [4.78, 5) is 0. The van der Waals surface area contributed by atoms with Crippen LogP contribution in [0.5, 0.6) is 0 Å². The van der Waals surface area contributed by atoms with Crippen molar-refractivity contribution in [1.29, 1.82) is 0 Å². The molecule has 0 aliphatic carbocycles. The summed E-state index contributed by atoms with van der Waals surface area (Å²) in [6, 6.07) is 10.2. The Morgan fingerprint density at radius 2 is 2.00 bits per heavy atom. The zero-order valence-corrected chi connectivity index (χ0v) is 11.8. The van der Waals surface area contributed by atoms with E-state index in [1.807, 2.05) is 18.2 Å². The Labute approximate surface area is 110 Å². The van der Waals surface area contributed by atoms with Crippen molar-refractivity contribution >= 4 is 21.7 Å². The Morgan fingerprint density at radius 1 is 1.24 bits per heavy atom. The highest BCUT2D eigenvalue weighted by Gasteiger charge is 2.12. The van der Waals surface area contributed by atoms with E-state index in [1.54, 1.807) is 0 Å². The van der Waals surface area contributed by atoms with E-state index in [-0.39, 0.29) is 5.54 Å². The van der Waals surface area contributed by atoms with Gasteiger partial charge in [0, 0.05) is 21.6 Å². The van der Waals surface area contributed by atoms with Crippen LogP contribution >= 0.6 is 15.9 Å². The first-order chi connectivity index (χ1) is 7.94. The van der Waals surface area contributed by atoms with Crippen molar-refractivity contribution in [1.82, 2.24) is 10.2 Å². The number of anilines is 1. The van der Waals surface area contributed by atoms with Gasteiger partial charge in [0.05, 0.1) is 5.69 Å². The molecule has 3 nitrogen and oxygen atoms in total. The molecular formula is C13H16BrN3. The Hall–Kier alpha value is -1.29. The number of aromatic amines is 1. The minimum Gasteiger partial charge on any atom is -0.364 e. The third-order valence-corrected chi connectivity index (χ3v) is 2.71. The van der Waals surface area contributed by atoms with Gasteiger partial charge in [0.15, 0.2) is 0 Å². The molecule has 0 unspecified atom stereocenters. The van der Waals surface area contributed by atoms with Gasteiger partial charge < -0.3 is 5.32 Å². The minimum atomic E-state index is 0.0176. The van der Waals surface area contributed by atoms with Crippen molar-refractivity contribution in [3.63, 3.8) is 0 Å². The van der Waals surface area contributed by atoms with E-state index in [2.05, 4.69) is 64.3 Å². The summed E-state index contributed by atoms with van der Waals surface area (Å²) in [6.45, 7) is 6.33. The van der Waals surface area contributed by atoms with E-state index in [9.17, 15) is 0 Å². The van der Waals surface area contributed by atoms with Crippen LogP contribution in [0.2, 0.25) is 0 Å². The molecule has 0 fully saturated rings. The third-order valence-electron chi connectivity index (χ3n) is 2.22. The normalized spacial score (nSPS) is 11.5. The summed E-state index contributed by atoms with van der Waals surface area (Å²) in [5.41, 5.74) is 2.15. The number of benzene rings is 1. The predicted molar refractivity (Wildman–Crippen MR) is 75.1 cm³/mol. The molecule has 2 N–H and O–H groups in total. The van der Waals surface area contributed by atoms with Gasteiger partial charge in [-0.15, -0.1) is 0 Å². The van der Waals surface area contributed by atoms with Crippen molar-refractivity contribution in [3.8, 4) is 11.3 Å². The van der Waals surface area contributed by atoms with E-state index >= 15 is 0 Å². The summed E-state index contributed by atoms with van der Waals surface area (Å²) in [6.07, 6.45) is 0. The van der Waals surface area contributed by atoms with Crippen molar-refractivity contribution in [2.75, 3.05) is 5.32 Å². The average Bonchev–Trinajstić information content (AvgIpc) is 2.63. The number of nitrogens with zero attached hydrogens (tertiary/aromatic N) is 1. The maximum atomic E-state index is 4.26. The zero-order chi connectivity index (χ0) is 12.5. The van der Waals surface area contributed by atoms with E-state index in [0.29, 0.717) is 0 Å². The van der Waals surface area contributed by atoms with Crippen molar-refractivity contribution in [2.45, 2.75) is 26.3 Å². The lowest BCUT2D eigenvalue weighted by Gasteiger charge is -2.19. The molecule has 2 aromatic rings. The highest BCUT2D eigenvalue weighted by atomic mass is 79.9. The Balaban J connectivity index is 2.24. The number of aromatic nitrogens is 2. The fourth-order valence-electron chi connectivity index (χ4n) is 1.57. The zero-order valence-electron chi connectivity index (χ0n) is 10.2. The first kappa shape index (κ1) is 12.2. The number of hydrogen-bond donors (Lipinski definition) is 2. The summed E-state index contributed by atoms with van der Waals surface area (Å²) < 4.78 is 1.06. The number of H-pyrrole nitrogens is 1. The lowest BCUT2D eigenvalue weighted by atomic mass is 10.1. The molecule has 0 bridgehead atoms. The minimum absolute atomic E-state index is 0.0176. The molecule has 0 aliphatic heterocycles. The van der Waals surface area contributed by atoms with Crippen LogP contribution in [0.4, 0.5) is 5.82 Å². The molecule has 0 atom stereocenters. The predicted octanol–water partition coefficient (Wildman–Crippen LogP) is 4.05. The highest BCUT2D eigenvalue weighted by molar-refractivity contribution is 9.10. The second kappa shape index (κ2) is 4.53. The number of hydrogen-bond acceptors (Lipinski definition) is 2. The number of nitrogens with one attached hydrogen (secondary N) is 2. The van der Waals surface area contributed by atoms with Gasteiger partial charge in [-0.2, -0.15) is 5.10 Å². The van der Waals surface area contributed by atoms with Gasteiger partial charge in [0.25, 0.3) is 0 Å². The van der Waals surface area contributed by atoms with E-state index in [1.165, 1.54) is 0 Å². The van der Waals surface area contributed by atoms with Gasteiger partial charge in [-0.1, -0.05) is 28.1 Å². The second-order valence-electron chi connectivity index (χ2n) is 5.05. The first-order valence-electron chi connectivity index (χ1n) is 5.53. The number of halogens is 1. The van der Waals surface area contributed by atoms with Gasteiger partial charge in [0.1, 0.15) is 5.82 Å². The van der Waals surface area contributed by atoms with Gasteiger partial charge >= 0.3 is 0 Å². The van der Waals surface area contributed by atoms with Crippen LogP contribution in [0.25, 0.3) is 11.3 Å². The van der Waals surface area contributed by atoms with E-state index in [0.717, 1.165) is 21.5 Å². The lowest BCUT2D eigenvalue weighted by Crippen LogP contribution is -2.26. The van der Waals surface area contributed by atoms with Crippen LogP contribution in [-0.2, 0) is 0 Å². The maximum absolute atomic E-state index is 4.26. The molecule has 4 heteroatoms. The standard InChI is InChI=1S/C13H16BrN3/c1-13(2,3)15-12-8-11(16-17-12)9-5-4-6-10(14)7-9/h4-8H,1-3H3,(H2,15,16,17). The van der Waals surface area contributed by atoms with Crippen LogP contribution in [-0.4, -0.2) is 15.7 Å². The van der Waals surface area contributed by atoms with Crippen LogP contribution < -0.4 is 5.32 Å². The fourth-order valence-corrected chi connectivity index (χ4v) is 1.97.